The molecule has 0 aliphatic rings. The molecule has 0 unspecified atom stereocenters. The van der Waals surface area contributed by atoms with Gasteiger partial charge in [-0.15, -0.1) is 0 Å². The number of hydrogen-bond acceptors (Lipinski definition) is 5. The Balaban J connectivity index is 1.86. The topological polar surface area (TPSA) is 57.7 Å². The number of pyridine rings is 1. The summed E-state index contributed by atoms with van der Waals surface area (Å²) in [5, 5.41) is 0.534. The molecule has 3 aromatic heterocycles. The second-order valence-corrected chi connectivity index (χ2v) is 7.22. The molecule has 0 radical (unpaired) electrons. The van der Waals surface area contributed by atoms with Crippen molar-refractivity contribution in [1.29, 1.82) is 0 Å². The van der Waals surface area contributed by atoms with E-state index in [2.05, 4.69) is 19.9 Å². The van der Waals surface area contributed by atoms with Crippen molar-refractivity contribution in [2.75, 3.05) is 11.4 Å². The highest BCUT2D eigenvalue weighted by molar-refractivity contribution is 8.00. The zero-order valence-electron chi connectivity index (χ0n) is 14.9. The SMILES string of the molecule is CN(Sc1cc2c(-c3ccccn3)c(C(F)(F)F)cc(F)c2[nH]1)c1ncccn1. The number of aromatic amines is 1. The number of benzene rings is 1. The fraction of sp³-hybridized carbons (Fsp3) is 0.105. The van der Waals surface area contributed by atoms with Gasteiger partial charge in [0, 0.05) is 48.5 Å². The van der Waals surface area contributed by atoms with Crippen LogP contribution >= 0.6 is 11.9 Å². The lowest BCUT2D eigenvalue weighted by Gasteiger charge is -2.14. The predicted molar refractivity (Wildman–Crippen MR) is 103 cm³/mol. The van der Waals surface area contributed by atoms with Crippen LogP contribution in [0.15, 0.2) is 60.0 Å². The third-order valence-corrected chi connectivity index (χ3v) is 4.99. The minimum Gasteiger partial charge on any atom is -0.346 e. The minimum atomic E-state index is -4.73. The Bertz CT molecular complexity index is 1150. The molecular weight excluding hydrogens is 406 g/mol. The highest BCUT2D eigenvalue weighted by atomic mass is 32.2. The summed E-state index contributed by atoms with van der Waals surface area (Å²) in [6.45, 7) is 0. The third-order valence-electron chi connectivity index (χ3n) is 4.14. The van der Waals surface area contributed by atoms with Gasteiger partial charge < -0.3 is 4.98 Å². The van der Waals surface area contributed by atoms with Crippen LogP contribution in [0.25, 0.3) is 22.2 Å². The molecule has 0 aliphatic carbocycles. The third kappa shape index (κ3) is 3.75. The summed E-state index contributed by atoms with van der Waals surface area (Å²) in [5.41, 5.74) is -1.16. The Morgan fingerprint density at radius 1 is 1.00 bits per heavy atom. The Morgan fingerprint density at radius 2 is 1.72 bits per heavy atom. The first-order valence-corrected chi connectivity index (χ1v) is 9.14. The van der Waals surface area contributed by atoms with Crippen LogP contribution in [0.4, 0.5) is 23.5 Å². The lowest BCUT2D eigenvalue weighted by atomic mass is 9.98. The summed E-state index contributed by atoms with van der Waals surface area (Å²) in [5.74, 6) is -0.588. The Hall–Kier alpha value is -3.14. The van der Waals surface area contributed by atoms with Gasteiger partial charge in [-0.05, 0) is 30.3 Å². The van der Waals surface area contributed by atoms with Gasteiger partial charge in [0.25, 0.3) is 0 Å². The van der Waals surface area contributed by atoms with E-state index in [4.69, 9.17) is 0 Å². The Kier molecular flexibility index (Phi) is 4.87. The van der Waals surface area contributed by atoms with Gasteiger partial charge in [-0.1, -0.05) is 6.07 Å². The van der Waals surface area contributed by atoms with E-state index < -0.39 is 17.6 Å². The monoisotopic (exact) mass is 419 g/mol. The summed E-state index contributed by atoms with van der Waals surface area (Å²) >= 11 is 1.13. The molecule has 0 spiro atoms. The van der Waals surface area contributed by atoms with Gasteiger partial charge in [-0.25, -0.2) is 14.4 Å². The van der Waals surface area contributed by atoms with E-state index in [9.17, 15) is 17.6 Å². The quantitative estimate of drug-likeness (QED) is 0.358. The Morgan fingerprint density at radius 3 is 2.38 bits per heavy atom. The number of rotatable bonds is 4. The summed E-state index contributed by atoms with van der Waals surface area (Å²) in [4.78, 5) is 15.1. The number of nitrogens with zero attached hydrogens (tertiary/aromatic N) is 4. The summed E-state index contributed by atoms with van der Waals surface area (Å²) in [7, 11) is 1.70. The van der Waals surface area contributed by atoms with Gasteiger partial charge in [0.2, 0.25) is 5.95 Å². The fourth-order valence-electron chi connectivity index (χ4n) is 2.93. The van der Waals surface area contributed by atoms with E-state index in [1.165, 1.54) is 18.3 Å². The first-order chi connectivity index (χ1) is 13.8. The molecule has 0 aliphatic heterocycles. The van der Waals surface area contributed by atoms with Gasteiger partial charge >= 0.3 is 6.18 Å². The highest BCUT2D eigenvalue weighted by Crippen LogP contribution is 2.42. The molecule has 4 aromatic rings. The van der Waals surface area contributed by atoms with Gasteiger partial charge in [0.05, 0.1) is 21.8 Å². The molecule has 10 heteroatoms. The standard InChI is InChI=1S/C19H13F4N5S/c1-28(18-25-7-4-8-26-18)29-15-9-11-16(14-5-2-3-6-24-14)12(19(21,22)23)10-13(20)17(11)27-15/h2-10,27H,1H3. The number of fused-ring (bicyclic) bond motifs is 1. The van der Waals surface area contributed by atoms with E-state index >= 15 is 0 Å². The van der Waals surface area contributed by atoms with Crippen LogP contribution in [0.1, 0.15) is 5.56 Å². The smallest absolute Gasteiger partial charge is 0.346 e. The molecule has 148 valence electrons. The van der Waals surface area contributed by atoms with E-state index in [1.807, 2.05) is 0 Å². The lowest BCUT2D eigenvalue weighted by Crippen LogP contribution is -2.09. The van der Waals surface area contributed by atoms with Crippen molar-refractivity contribution < 1.29 is 17.6 Å². The van der Waals surface area contributed by atoms with Crippen LogP contribution < -0.4 is 4.31 Å². The van der Waals surface area contributed by atoms with Gasteiger partial charge in [0.1, 0.15) is 5.82 Å². The van der Waals surface area contributed by atoms with Crippen molar-refractivity contribution >= 4 is 28.8 Å². The second-order valence-electron chi connectivity index (χ2n) is 6.05. The maximum atomic E-state index is 14.5. The molecule has 4 rings (SSSR count). The van der Waals surface area contributed by atoms with E-state index in [1.54, 1.807) is 41.9 Å². The van der Waals surface area contributed by atoms with Crippen molar-refractivity contribution in [3.63, 3.8) is 0 Å². The number of aromatic nitrogens is 4. The molecule has 0 atom stereocenters. The molecule has 1 aromatic carbocycles. The van der Waals surface area contributed by atoms with Gasteiger partial charge in [0.15, 0.2) is 0 Å². The van der Waals surface area contributed by atoms with Crippen LogP contribution in [0, 0.1) is 5.82 Å². The van der Waals surface area contributed by atoms with E-state index in [0.717, 1.165) is 11.9 Å². The number of halogens is 4. The van der Waals surface area contributed by atoms with E-state index in [0.29, 0.717) is 17.0 Å². The highest BCUT2D eigenvalue weighted by Gasteiger charge is 2.36. The molecule has 5 nitrogen and oxygen atoms in total. The molecule has 0 bridgehead atoms. The predicted octanol–water partition coefficient (Wildman–Crippen LogP) is 5.32. The van der Waals surface area contributed by atoms with Crippen molar-refractivity contribution in [3.8, 4) is 11.3 Å². The normalized spacial score (nSPS) is 11.8. The number of nitrogens with one attached hydrogen (secondary N) is 1. The second kappa shape index (κ2) is 7.36. The van der Waals surface area contributed by atoms with Crippen molar-refractivity contribution in [3.05, 3.63) is 66.4 Å². The van der Waals surface area contributed by atoms with Crippen LogP contribution in [0.3, 0.4) is 0 Å². The maximum absolute atomic E-state index is 14.5. The lowest BCUT2D eigenvalue weighted by molar-refractivity contribution is -0.137. The van der Waals surface area contributed by atoms with Crippen molar-refractivity contribution in [2.24, 2.45) is 0 Å². The molecule has 1 N–H and O–H groups in total. The van der Waals surface area contributed by atoms with Crippen LogP contribution in [0.2, 0.25) is 0 Å². The molecule has 3 heterocycles. The summed E-state index contributed by atoms with van der Waals surface area (Å²) in [6, 6.07) is 8.29. The van der Waals surface area contributed by atoms with Gasteiger partial charge in [-0.3, -0.25) is 9.29 Å². The molecular formula is C19H13F4N5S. The van der Waals surface area contributed by atoms with E-state index in [-0.39, 0.29) is 22.2 Å². The number of alkyl halides is 3. The van der Waals surface area contributed by atoms with Crippen molar-refractivity contribution in [1.82, 2.24) is 19.9 Å². The Labute approximate surface area is 167 Å². The number of hydrogen-bond donors (Lipinski definition) is 1. The first-order valence-electron chi connectivity index (χ1n) is 8.37. The summed E-state index contributed by atoms with van der Waals surface area (Å²) in [6.07, 6.45) is -0.202. The molecule has 0 saturated carbocycles. The maximum Gasteiger partial charge on any atom is 0.417 e. The number of anilines is 1. The average Bonchev–Trinajstić information content (AvgIpc) is 3.12. The van der Waals surface area contributed by atoms with Crippen molar-refractivity contribution in [2.45, 2.75) is 11.2 Å². The van der Waals surface area contributed by atoms with Crippen LogP contribution in [0.5, 0.6) is 0 Å². The summed E-state index contributed by atoms with van der Waals surface area (Å²) < 4.78 is 57.1. The zero-order valence-corrected chi connectivity index (χ0v) is 15.7. The van der Waals surface area contributed by atoms with Gasteiger partial charge in [-0.2, -0.15) is 13.2 Å². The van der Waals surface area contributed by atoms with Crippen LogP contribution in [-0.2, 0) is 6.18 Å². The average molecular weight is 419 g/mol. The largest absolute Gasteiger partial charge is 0.417 e. The number of H-pyrrole nitrogens is 1. The molecule has 29 heavy (non-hydrogen) atoms. The first kappa shape index (κ1) is 19.2. The zero-order chi connectivity index (χ0) is 20.6. The molecule has 0 saturated heterocycles. The van der Waals surface area contributed by atoms with Crippen LogP contribution in [-0.4, -0.2) is 27.0 Å². The molecule has 0 fully saturated rings. The minimum absolute atomic E-state index is 0.0245. The molecule has 0 amide bonds. The fourth-order valence-corrected chi connectivity index (χ4v) is 3.72.